The van der Waals surface area contributed by atoms with E-state index in [1.54, 1.807) is 18.2 Å². The van der Waals surface area contributed by atoms with Crippen LogP contribution in [0.5, 0.6) is 0 Å². The van der Waals surface area contributed by atoms with E-state index in [1.165, 1.54) is 14.1 Å². The number of benzene rings is 1. The lowest BCUT2D eigenvalue weighted by Gasteiger charge is -2.13. The van der Waals surface area contributed by atoms with Crippen LogP contribution >= 0.6 is 0 Å². The molecule has 0 saturated carbocycles. The van der Waals surface area contributed by atoms with Crippen LogP contribution in [0.15, 0.2) is 24.3 Å². The van der Waals surface area contributed by atoms with E-state index >= 15 is 0 Å². The smallest absolute Gasteiger partial charge is 0.319 e. The lowest BCUT2D eigenvalue weighted by Crippen LogP contribution is -2.36. The van der Waals surface area contributed by atoms with Crippen molar-refractivity contribution in [1.29, 1.82) is 0 Å². The number of amides is 2. The first-order valence-corrected chi connectivity index (χ1v) is 8.14. The molecule has 0 aliphatic rings. The van der Waals surface area contributed by atoms with Gasteiger partial charge in [0.05, 0.1) is 5.75 Å². The van der Waals surface area contributed by atoms with Crippen LogP contribution in [0.3, 0.4) is 0 Å². The van der Waals surface area contributed by atoms with Crippen molar-refractivity contribution in [3.63, 3.8) is 0 Å². The number of carbonyl (C=O) groups is 1. The molecule has 21 heavy (non-hydrogen) atoms. The van der Waals surface area contributed by atoms with Crippen molar-refractivity contribution < 1.29 is 13.2 Å². The first-order chi connectivity index (χ1) is 9.72. The first kappa shape index (κ1) is 17.4. The molecule has 4 N–H and O–H groups in total. The predicted octanol–water partition coefficient (Wildman–Crippen LogP) is 0.719. The molecule has 1 aromatic rings. The van der Waals surface area contributed by atoms with E-state index in [1.807, 2.05) is 13.0 Å². The third-order valence-electron chi connectivity index (χ3n) is 2.87. The first-order valence-electron chi connectivity index (χ1n) is 6.53. The Bertz CT molecular complexity index is 585. The normalized spacial score (nSPS) is 13.0. The molecule has 0 heterocycles. The Labute approximate surface area is 125 Å². The molecule has 118 valence electrons. The number of urea groups is 1. The summed E-state index contributed by atoms with van der Waals surface area (Å²) in [6, 6.07) is 6.61. The topological polar surface area (TPSA) is 105 Å². The van der Waals surface area contributed by atoms with Gasteiger partial charge >= 0.3 is 6.03 Å². The van der Waals surface area contributed by atoms with Gasteiger partial charge in [-0.15, -0.1) is 0 Å². The Balaban J connectivity index is 2.50. The molecule has 0 aliphatic carbocycles. The number of nitrogens with one attached hydrogen (secondary N) is 2. The molecular weight excluding hydrogens is 292 g/mol. The Morgan fingerprint density at radius 1 is 1.38 bits per heavy atom. The summed E-state index contributed by atoms with van der Waals surface area (Å²) in [6.45, 7) is 1.89. The van der Waals surface area contributed by atoms with Gasteiger partial charge in [-0.2, -0.15) is 0 Å². The molecule has 0 spiro atoms. The van der Waals surface area contributed by atoms with Gasteiger partial charge in [0.2, 0.25) is 10.0 Å². The number of anilines is 1. The zero-order valence-electron chi connectivity index (χ0n) is 12.5. The second-order valence-corrected chi connectivity index (χ2v) is 7.20. The van der Waals surface area contributed by atoms with Crippen LogP contribution in [0.25, 0.3) is 0 Å². The molecular formula is C13H22N4O3S. The van der Waals surface area contributed by atoms with Crippen LogP contribution in [0.1, 0.15) is 18.5 Å². The molecule has 1 aromatic carbocycles. The molecule has 1 rings (SSSR count). The van der Waals surface area contributed by atoms with Crippen molar-refractivity contribution in [3.05, 3.63) is 29.8 Å². The number of hydrogen-bond donors (Lipinski definition) is 3. The summed E-state index contributed by atoms with van der Waals surface area (Å²) >= 11 is 0. The third kappa shape index (κ3) is 5.70. The number of nitrogens with zero attached hydrogens (tertiary/aromatic N) is 1. The fourth-order valence-corrected chi connectivity index (χ4v) is 2.28. The maximum Gasteiger partial charge on any atom is 0.319 e. The van der Waals surface area contributed by atoms with Gasteiger partial charge in [-0.25, -0.2) is 17.5 Å². The molecule has 0 fully saturated rings. The van der Waals surface area contributed by atoms with E-state index in [2.05, 4.69) is 10.6 Å². The van der Waals surface area contributed by atoms with Crippen LogP contribution in [-0.4, -0.2) is 45.1 Å². The molecule has 1 atom stereocenters. The van der Waals surface area contributed by atoms with Crippen LogP contribution in [0.4, 0.5) is 10.5 Å². The van der Waals surface area contributed by atoms with Gasteiger partial charge < -0.3 is 16.4 Å². The number of hydrogen-bond acceptors (Lipinski definition) is 4. The minimum absolute atomic E-state index is 0.0410. The molecule has 7 nitrogen and oxygen atoms in total. The number of sulfonamides is 1. The standard InChI is InChI=1S/C13H22N4O3S/c1-10(14)11-5-4-6-12(9-11)16-13(18)15-7-8-21(19,20)17(2)3/h4-6,9-10H,7-8,14H2,1-3H3,(H2,15,16,18). The fourth-order valence-electron chi connectivity index (χ4n) is 1.55. The van der Waals surface area contributed by atoms with E-state index in [-0.39, 0.29) is 18.3 Å². The monoisotopic (exact) mass is 314 g/mol. The Morgan fingerprint density at radius 2 is 2.05 bits per heavy atom. The summed E-state index contributed by atoms with van der Waals surface area (Å²) in [6.07, 6.45) is 0. The lowest BCUT2D eigenvalue weighted by molar-refractivity contribution is 0.252. The average Bonchev–Trinajstić information content (AvgIpc) is 2.38. The highest BCUT2D eigenvalue weighted by Crippen LogP contribution is 2.15. The summed E-state index contributed by atoms with van der Waals surface area (Å²) in [5.41, 5.74) is 7.28. The van der Waals surface area contributed by atoms with E-state index < -0.39 is 16.1 Å². The van der Waals surface area contributed by atoms with Crippen molar-refractivity contribution >= 4 is 21.7 Å². The Hall–Kier alpha value is -1.64. The molecule has 0 aliphatic heterocycles. The lowest BCUT2D eigenvalue weighted by atomic mass is 10.1. The Kier molecular flexibility index (Phi) is 6.13. The van der Waals surface area contributed by atoms with E-state index in [4.69, 9.17) is 5.73 Å². The third-order valence-corrected chi connectivity index (χ3v) is 4.70. The van der Waals surface area contributed by atoms with E-state index in [0.29, 0.717) is 5.69 Å². The maximum absolute atomic E-state index is 11.7. The summed E-state index contributed by atoms with van der Waals surface area (Å²) in [4.78, 5) is 11.7. The summed E-state index contributed by atoms with van der Waals surface area (Å²) < 4.78 is 24.2. The van der Waals surface area contributed by atoms with Crippen molar-refractivity contribution in [2.24, 2.45) is 5.73 Å². The molecule has 0 bridgehead atoms. The summed E-state index contributed by atoms with van der Waals surface area (Å²) in [5.74, 6) is -0.146. The second kappa shape index (κ2) is 7.39. The van der Waals surface area contributed by atoms with Crippen molar-refractivity contribution in [3.8, 4) is 0 Å². The van der Waals surface area contributed by atoms with Crippen LogP contribution < -0.4 is 16.4 Å². The molecule has 2 amide bonds. The minimum atomic E-state index is -3.31. The van der Waals surface area contributed by atoms with Gasteiger partial charge in [-0.05, 0) is 24.6 Å². The largest absolute Gasteiger partial charge is 0.337 e. The second-order valence-electron chi connectivity index (χ2n) is 4.89. The van der Waals surface area contributed by atoms with Gasteiger partial charge in [0, 0.05) is 32.4 Å². The van der Waals surface area contributed by atoms with Crippen LogP contribution in [0, 0.1) is 0 Å². The van der Waals surface area contributed by atoms with Crippen LogP contribution in [-0.2, 0) is 10.0 Å². The number of nitrogens with two attached hydrogens (primary N) is 1. The van der Waals surface area contributed by atoms with Crippen molar-refractivity contribution in [2.45, 2.75) is 13.0 Å². The van der Waals surface area contributed by atoms with Crippen LogP contribution in [0.2, 0.25) is 0 Å². The highest BCUT2D eigenvalue weighted by molar-refractivity contribution is 7.89. The SMILES string of the molecule is CC(N)c1cccc(NC(=O)NCCS(=O)(=O)N(C)C)c1. The summed E-state index contributed by atoms with van der Waals surface area (Å²) in [7, 11) is -0.404. The summed E-state index contributed by atoms with van der Waals surface area (Å²) in [5, 5.41) is 5.14. The highest BCUT2D eigenvalue weighted by atomic mass is 32.2. The minimum Gasteiger partial charge on any atom is -0.337 e. The van der Waals surface area contributed by atoms with Gasteiger partial charge in [0.25, 0.3) is 0 Å². The number of rotatable bonds is 6. The quantitative estimate of drug-likeness (QED) is 0.719. The average molecular weight is 314 g/mol. The van der Waals surface area contributed by atoms with Gasteiger partial charge in [-0.1, -0.05) is 12.1 Å². The van der Waals surface area contributed by atoms with E-state index in [0.717, 1.165) is 9.87 Å². The molecule has 1 unspecified atom stereocenters. The fraction of sp³-hybridized carbons (Fsp3) is 0.462. The van der Waals surface area contributed by atoms with Gasteiger partial charge in [0.15, 0.2) is 0 Å². The molecule has 0 saturated heterocycles. The maximum atomic E-state index is 11.7. The predicted molar refractivity (Wildman–Crippen MR) is 83.5 cm³/mol. The van der Waals surface area contributed by atoms with Gasteiger partial charge in [0.1, 0.15) is 0 Å². The van der Waals surface area contributed by atoms with Crippen molar-refractivity contribution in [1.82, 2.24) is 9.62 Å². The highest BCUT2D eigenvalue weighted by Gasteiger charge is 2.13. The van der Waals surface area contributed by atoms with E-state index in [9.17, 15) is 13.2 Å². The molecule has 0 aromatic heterocycles. The van der Waals surface area contributed by atoms with Crippen molar-refractivity contribution in [2.75, 3.05) is 31.7 Å². The molecule has 0 radical (unpaired) electrons. The number of carbonyl (C=O) groups excluding carboxylic acids is 1. The zero-order chi connectivity index (χ0) is 16.0. The molecule has 8 heteroatoms. The zero-order valence-corrected chi connectivity index (χ0v) is 13.3. The Morgan fingerprint density at radius 3 is 2.62 bits per heavy atom. The van der Waals surface area contributed by atoms with Gasteiger partial charge in [-0.3, -0.25) is 0 Å².